The minimum absolute atomic E-state index is 0.00149. The SMILES string of the molecule is CCN1CCC(CNC(=O)C(CC)(CC)C(N)=NO)C1. The van der Waals surface area contributed by atoms with Crippen LogP contribution < -0.4 is 11.1 Å². The van der Waals surface area contributed by atoms with Gasteiger partial charge in [-0.2, -0.15) is 0 Å². The summed E-state index contributed by atoms with van der Waals surface area (Å²) in [6, 6.07) is 0. The average molecular weight is 284 g/mol. The van der Waals surface area contributed by atoms with Gasteiger partial charge in [0.2, 0.25) is 5.91 Å². The molecule has 0 saturated carbocycles. The summed E-state index contributed by atoms with van der Waals surface area (Å²) in [4.78, 5) is 14.8. The number of likely N-dealkylation sites (tertiary alicyclic amines) is 1. The van der Waals surface area contributed by atoms with Gasteiger partial charge in [-0.1, -0.05) is 25.9 Å². The molecule has 6 heteroatoms. The molecule has 1 fully saturated rings. The molecule has 0 aromatic rings. The monoisotopic (exact) mass is 284 g/mol. The van der Waals surface area contributed by atoms with Gasteiger partial charge in [0.05, 0.1) is 0 Å². The van der Waals surface area contributed by atoms with E-state index in [1.807, 2.05) is 13.8 Å². The second-order valence-electron chi connectivity index (χ2n) is 5.53. The van der Waals surface area contributed by atoms with Crippen molar-refractivity contribution >= 4 is 11.7 Å². The first kappa shape index (κ1) is 16.8. The van der Waals surface area contributed by atoms with Gasteiger partial charge in [0, 0.05) is 13.1 Å². The molecule has 4 N–H and O–H groups in total. The van der Waals surface area contributed by atoms with Crippen molar-refractivity contribution in [1.29, 1.82) is 0 Å². The maximum absolute atomic E-state index is 12.4. The van der Waals surface area contributed by atoms with E-state index in [0.29, 0.717) is 25.3 Å². The zero-order valence-corrected chi connectivity index (χ0v) is 12.9. The largest absolute Gasteiger partial charge is 0.409 e. The van der Waals surface area contributed by atoms with E-state index in [9.17, 15) is 4.79 Å². The number of rotatable bonds is 7. The first-order valence-corrected chi connectivity index (χ1v) is 7.52. The van der Waals surface area contributed by atoms with Crippen LogP contribution in [0, 0.1) is 11.3 Å². The molecule has 0 aromatic heterocycles. The van der Waals surface area contributed by atoms with Gasteiger partial charge in [0.25, 0.3) is 0 Å². The maximum Gasteiger partial charge on any atom is 0.233 e. The maximum atomic E-state index is 12.4. The van der Waals surface area contributed by atoms with E-state index in [-0.39, 0.29) is 11.7 Å². The van der Waals surface area contributed by atoms with Gasteiger partial charge >= 0.3 is 0 Å². The van der Waals surface area contributed by atoms with Crippen molar-refractivity contribution in [3.63, 3.8) is 0 Å². The van der Waals surface area contributed by atoms with Crippen molar-refractivity contribution in [2.75, 3.05) is 26.2 Å². The standard InChI is InChI=1S/C14H28N4O2/c1-4-14(5-2,12(15)17-20)13(19)16-9-11-7-8-18(6-3)10-11/h11,20H,4-10H2,1-3H3,(H2,15,17)(H,16,19). The zero-order chi connectivity index (χ0) is 15.2. The number of hydrogen-bond acceptors (Lipinski definition) is 4. The van der Waals surface area contributed by atoms with Crippen LogP contribution in [-0.2, 0) is 4.79 Å². The number of oxime groups is 1. The van der Waals surface area contributed by atoms with Gasteiger partial charge in [-0.25, -0.2) is 0 Å². The summed E-state index contributed by atoms with van der Waals surface area (Å²) >= 11 is 0. The number of nitrogens with one attached hydrogen (secondary N) is 1. The quantitative estimate of drug-likeness (QED) is 0.281. The van der Waals surface area contributed by atoms with Crippen LogP contribution >= 0.6 is 0 Å². The number of amidine groups is 1. The molecule has 1 aliphatic rings. The second-order valence-corrected chi connectivity index (χ2v) is 5.53. The van der Waals surface area contributed by atoms with Gasteiger partial charge in [-0.05, 0) is 38.3 Å². The van der Waals surface area contributed by atoms with Gasteiger partial charge < -0.3 is 21.2 Å². The normalized spacial score (nSPS) is 21.1. The number of nitrogens with zero attached hydrogens (tertiary/aromatic N) is 2. The van der Waals surface area contributed by atoms with Crippen LogP contribution in [-0.4, -0.2) is 48.0 Å². The third-order valence-electron chi connectivity index (χ3n) is 4.61. The third kappa shape index (κ3) is 3.42. The molecule has 1 amide bonds. The lowest BCUT2D eigenvalue weighted by Gasteiger charge is -2.29. The fourth-order valence-electron chi connectivity index (χ4n) is 2.92. The Morgan fingerprint density at radius 2 is 2.10 bits per heavy atom. The molecule has 1 saturated heterocycles. The Balaban J connectivity index is 2.60. The lowest BCUT2D eigenvalue weighted by Crippen LogP contribution is -2.50. The predicted octanol–water partition coefficient (Wildman–Crippen LogP) is 0.997. The van der Waals surface area contributed by atoms with Gasteiger partial charge in [-0.3, -0.25) is 4.79 Å². The first-order chi connectivity index (χ1) is 9.53. The molecule has 1 unspecified atom stereocenters. The molecule has 1 rings (SSSR count). The summed E-state index contributed by atoms with van der Waals surface area (Å²) in [5.41, 5.74) is 4.84. The highest BCUT2D eigenvalue weighted by molar-refractivity contribution is 6.06. The summed E-state index contributed by atoms with van der Waals surface area (Å²) in [6.45, 7) is 9.78. The molecule has 20 heavy (non-hydrogen) atoms. The van der Waals surface area contributed by atoms with Crippen molar-refractivity contribution < 1.29 is 10.0 Å². The molecular weight excluding hydrogens is 256 g/mol. The van der Waals surface area contributed by atoms with E-state index in [1.165, 1.54) is 0 Å². The lowest BCUT2D eigenvalue weighted by molar-refractivity contribution is -0.128. The highest BCUT2D eigenvalue weighted by Gasteiger charge is 2.40. The molecule has 0 aromatic carbocycles. The van der Waals surface area contributed by atoms with Gasteiger partial charge in [-0.15, -0.1) is 0 Å². The minimum atomic E-state index is -0.891. The summed E-state index contributed by atoms with van der Waals surface area (Å²) in [6.07, 6.45) is 2.16. The van der Waals surface area contributed by atoms with Crippen molar-refractivity contribution in [2.45, 2.75) is 40.0 Å². The Hall–Kier alpha value is -1.30. The Kier molecular flexibility index (Phi) is 6.26. The highest BCUT2D eigenvalue weighted by atomic mass is 16.4. The molecule has 1 heterocycles. The van der Waals surface area contributed by atoms with Crippen molar-refractivity contribution in [3.8, 4) is 0 Å². The number of carbonyl (C=O) groups is 1. The summed E-state index contributed by atoms with van der Waals surface area (Å²) in [7, 11) is 0. The highest BCUT2D eigenvalue weighted by Crippen LogP contribution is 2.27. The molecule has 0 radical (unpaired) electrons. The van der Waals surface area contributed by atoms with Crippen LogP contribution in [0.2, 0.25) is 0 Å². The molecule has 0 aliphatic carbocycles. The van der Waals surface area contributed by atoms with E-state index in [2.05, 4.69) is 22.3 Å². The predicted molar refractivity (Wildman–Crippen MR) is 79.7 cm³/mol. The van der Waals surface area contributed by atoms with E-state index < -0.39 is 5.41 Å². The van der Waals surface area contributed by atoms with Crippen LogP contribution in [0.25, 0.3) is 0 Å². The second kappa shape index (κ2) is 7.47. The molecular formula is C14H28N4O2. The summed E-state index contributed by atoms with van der Waals surface area (Å²) in [5.74, 6) is 0.368. The van der Waals surface area contributed by atoms with E-state index in [4.69, 9.17) is 10.9 Å². The van der Waals surface area contributed by atoms with E-state index in [1.54, 1.807) is 0 Å². The van der Waals surface area contributed by atoms with Crippen LogP contribution in [0.5, 0.6) is 0 Å². The van der Waals surface area contributed by atoms with Crippen molar-refractivity contribution in [3.05, 3.63) is 0 Å². The van der Waals surface area contributed by atoms with Crippen LogP contribution in [0.1, 0.15) is 40.0 Å². The summed E-state index contributed by atoms with van der Waals surface area (Å²) in [5, 5.41) is 14.9. The van der Waals surface area contributed by atoms with Crippen molar-refractivity contribution in [1.82, 2.24) is 10.2 Å². The van der Waals surface area contributed by atoms with Crippen LogP contribution in [0.4, 0.5) is 0 Å². The first-order valence-electron chi connectivity index (χ1n) is 7.52. The Bertz CT molecular complexity index is 353. The molecule has 0 spiro atoms. The van der Waals surface area contributed by atoms with Gasteiger partial charge in [0.1, 0.15) is 5.41 Å². The average Bonchev–Trinajstić information content (AvgIpc) is 2.94. The fraction of sp³-hybridized carbons (Fsp3) is 0.857. The van der Waals surface area contributed by atoms with Crippen LogP contribution in [0.15, 0.2) is 5.16 Å². The number of hydrogen-bond donors (Lipinski definition) is 3. The molecule has 1 atom stereocenters. The van der Waals surface area contributed by atoms with Crippen LogP contribution in [0.3, 0.4) is 0 Å². The zero-order valence-electron chi connectivity index (χ0n) is 12.9. The number of amides is 1. The topological polar surface area (TPSA) is 91.0 Å². The number of nitrogens with two attached hydrogens (primary N) is 1. The Morgan fingerprint density at radius 3 is 2.55 bits per heavy atom. The van der Waals surface area contributed by atoms with E-state index in [0.717, 1.165) is 26.1 Å². The number of carbonyl (C=O) groups excluding carboxylic acids is 1. The van der Waals surface area contributed by atoms with E-state index >= 15 is 0 Å². The smallest absolute Gasteiger partial charge is 0.233 e. The molecule has 1 aliphatic heterocycles. The van der Waals surface area contributed by atoms with Crippen molar-refractivity contribution in [2.24, 2.45) is 22.2 Å². The molecule has 116 valence electrons. The van der Waals surface area contributed by atoms with Gasteiger partial charge in [0.15, 0.2) is 5.84 Å². The molecule has 6 nitrogen and oxygen atoms in total. The summed E-state index contributed by atoms with van der Waals surface area (Å²) < 4.78 is 0. The lowest BCUT2D eigenvalue weighted by atomic mass is 9.80. The Morgan fingerprint density at radius 1 is 1.45 bits per heavy atom. The Labute approximate surface area is 121 Å². The molecule has 0 bridgehead atoms. The third-order valence-corrected chi connectivity index (χ3v) is 4.61. The minimum Gasteiger partial charge on any atom is -0.409 e. The fourth-order valence-corrected chi connectivity index (χ4v) is 2.92.